The van der Waals surface area contributed by atoms with E-state index in [9.17, 15) is 0 Å². The van der Waals surface area contributed by atoms with Crippen LogP contribution < -0.4 is 0 Å². The molecule has 0 amide bonds. The maximum Gasteiger partial charge on any atom is 0.144 e. The Bertz CT molecular complexity index is 1100. The molecule has 1 N–H and O–H groups in total. The predicted octanol–water partition coefficient (Wildman–Crippen LogP) is 5.73. The standard InChI is InChI=1S/C20H13NO/c1-3-10-17-13(6-1)12-18(21-17)16-9-5-8-15-14-7-2-4-11-19(14)22-20(15)16/h1-12,21H. The number of hydrogen-bond acceptors (Lipinski definition) is 1. The normalized spacial score (nSPS) is 11.6. The van der Waals surface area contributed by atoms with Crippen LogP contribution in [0.25, 0.3) is 44.1 Å². The SMILES string of the molecule is c1ccc2[nH]c(-c3cccc4c3oc3ccccc34)cc2c1. The summed E-state index contributed by atoms with van der Waals surface area (Å²) in [6.07, 6.45) is 0. The van der Waals surface area contributed by atoms with Crippen LogP contribution in [0.15, 0.2) is 77.2 Å². The Labute approximate surface area is 127 Å². The molecule has 22 heavy (non-hydrogen) atoms. The summed E-state index contributed by atoms with van der Waals surface area (Å²) in [5.41, 5.74) is 5.21. The molecule has 5 aromatic rings. The van der Waals surface area contributed by atoms with E-state index in [1.807, 2.05) is 24.3 Å². The molecule has 0 aliphatic rings. The third-order valence-corrected chi connectivity index (χ3v) is 4.22. The maximum absolute atomic E-state index is 6.11. The van der Waals surface area contributed by atoms with Gasteiger partial charge in [-0.05, 0) is 24.3 Å². The predicted molar refractivity (Wildman–Crippen MR) is 91.0 cm³/mol. The smallest absolute Gasteiger partial charge is 0.144 e. The molecule has 5 rings (SSSR count). The van der Waals surface area contributed by atoms with Crippen LogP contribution in [-0.4, -0.2) is 4.98 Å². The van der Waals surface area contributed by atoms with Gasteiger partial charge in [0.15, 0.2) is 0 Å². The first-order chi connectivity index (χ1) is 10.9. The lowest BCUT2D eigenvalue weighted by Crippen LogP contribution is -1.77. The first-order valence-corrected chi connectivity index (χ1v) is 7.38. The number of benzene rings is 3. The highest BCUT2D eigenvalue weighted by molar-refractivity contribution is 6.09. The van der Waals surface area contributed by atoms with Gasteiger partial charge < -0.3 is 9.40 Å². The van der Waals surface area contributed by atoms with Crippen molar-refractivity contribution in [3.05, 3.63) is 72.8 Å². The molecule has 2 aromatic heterocycles. The molecule has 0 atom stereocenters. The summed E-state index contributed by atoms with van der Waals surface area (Å²) in [5.74, 6) is 0. The van der Waals surface area contributed by atoms with Gasteiger partial charge in [-0.25, -0.2) is 0 Å². The number of hydrogen-bond donors (Lipinski definition) is 1. The van der Waals surface area contributed by atoms with Gasteiger partial charge >= 0.3 is 0 Å². The number of fused-ring (bicyclic) bond motifs is 4. The Balaban J connectivity index is 1.87. The second-order valence-corrected chi connectivity index (χ2v) is 5.55. The molecule has 0 radical (unpaired) electrons. The molecule has 0 spiro atoms. The van der Waals surface area contributed by atoms with Gasteiger partial charge in [-0.3, -0.25) is 0 Å². The molecule has 104 valence electrons. The van der Waals surface area contributed by atoms with Crippen molar-refractivity contribution in [2.75, 3.05) is 0 Å². The summed E-state index contributed by atoms with van der Waals surface area (Å²) in [7, 11) is 0. The summed E-state index contributed by atoms with van der Waals surface area (Å²) in [4.78, 5) is 3.49. The lowest BCUT2D eigenvalue weighted by atomic mass is 10.1. The Morgan fingerprint density at radius 2 is 1.55 bits per heavy atom. The average Bonchev–Trinajstić information content (AvgIpc) is 3.15. The zero-order valence-corrected chi connectivity index (χ0v) is 11.8. The Kier molecular flexibility index (Phi) is 2.25. The van der Waals surface area contributed by atoms with Gasteiger partial charge in [-0.2, -0.15) is 0 Å². The Hall–Kier alpha value is -3.00. The topological polar surface area (TPSA) is 28.9 Å². The van der Waals surface area contributed by atoms with E-state index in [1.165, 1.54) is 5.39 Å². The monoisotopic (exact) mass is 283 g/mol. The minimum Gasteiger partial charge on any atom is -0.455 e. The maximum atomic E-state index is 6.11. The fourth-order valence-electron chi connectivity index (χ4n) is 3.18. The van der Waals surface area contributed by atoms with Gasteiger partial charge in [0.2, 0.25) is 0 Å². The summed E-state index contributed by atoms with van der Waals surface area (Å²) >= 11 is 0. The highest BCUT2D eigenvalue weighted by atomic mass is 16.3. The molecule has 0 aliphatic heterocycles. The molecule has 0 bridgehead atoms. The van der Waals surface area contributed by atoms with Crippen LogP contribution in [0.4, 0.5) is 0 Å². The quantitative estimate of drug-likeness (QED) is 0.418. The number of H-pyrrole nitrogens is 1. The van der Waals surface area contributed by atoms with Crippen LogP contribution in [0.2, 0.25) is 0 Å². The second-order valence-electron chi connectivity index (χ2n) is 5.55. The molecule has 0 saturated heterocycles. The van der Waals surface area contributed by atoms with Gasteiger partial charge in [0, 0.05) is 27.2 Å². The van der Waals surface area contributed by atoms with Crippen LogP contribution in [0.3, 0.4) is 0 Å². The number of rotatable bonds is 1. The number of aromatic nitrogens is 1. The van der Waals surface area contributed by atoms with Crippen molar-refractivity contribution in [1.82, 2.24) is 4.98 Å². The molecule has 0 saturated carbocycles. The third kappa shape index (κ3) is 1.55. The molecule has 2 nitrogen and oxygen atoms in total. The summed E-state index contributed by atoms with van der Waals surface area (Å²) < 4.78 is 6.11. The molecular formula is C20H13NO. The molecule has 0 aliphatic carbocycles. The van der Waals surface area contributed by atoms with Gasteiger partial charge in [-0.1, -0.05) is 48.5 Å². The fourth-order valence-corrected chi connectivity index (χ4v) is 3.18. The van der Waals surface area contributed by atoms with Crippen LogP contribution >= 0.6 is 0 Å². The minimum atomic E-state index is 0.932. The van der Waals surface area contributed by atoms with Gasteiger partial charge in [0.05, 0.1) is 5.69 Å². The van der Waals surface area contributed by atoms with Crippen LogP contribution in [0.1, 0.15) is 0 Å². The minimum absolute atomic E-state index is 0.932. The number of para-hydroxylation sites is 3. The van der Waals surface area contributed by atoms with Gasteiger partial charge in [-0.15, -0.1) is 0 Å². The fraction of sp³-hybridized carbons (Fsp3) is 0. The van der Waals surface area contributed by atoms with E-state index in [0.717, 1.165) is 38.7 Å². The summed E-state index contributed by atoms with van der Waals surface area (Å²) in [5, 5.41) is 3.54. The van der Waals surface area contributed by atoms with Crippen molar-refractivity contribution in [1.29, 1.82) is 0 Å². The molecule has 3 aromatic carbocycles. The van der Waals surface area contributed by atoms with Crippen molar-refractivity contribution in [3.63, 3.8) is 0 Å². The van der Waals surface area contributed by atoms with Crippen LogP contribution in [-0.2, 0) is 0 Å². The molecule has 0 unspecified atom stereocenters. The highest BCUT2D eigenvalue weighted by Gasteiger charge is 2.12. The first-order valence-electron chi connectivity index (χ1n) is 7.38. The van der Waals surface area contributed by atoms with E-state index in [2.05, 4.69) is 53.5 Å². The average molecular weight is 283 g/mol. The second kappa shape index (κ2) is 4.25. The van der Waals surface area contributed by atoms with E-state index in [4.69, 9.17) is 4.42 Å². The Morgan fingerprint density at radius 1 is 0.727 bits per heavy atom. The lowest BCUT2D eigenvalue weighted by molar-refractivity contribution is 0.670. The van der Waals surface area contributed by atoms with Crippen molar-refractivity contribution in [3.8, 4) is 11.3 Å². The zero-order chi connectivity index (χ0) is 14.5. The van der Waals surface area contributed by atoms with Crippen LogP contribution in [0, 0.1) is 0 Å². The molecular weight excluding hydrogens is 270 g/mol. The van der Waals surface area contributed by atoms with E-state index in [1.54, 1.807) is 0 Å². The van der Waals surface area contributed by atoms with Crippen molar-refractivity contribution in [2.45, 2.75) is 0 Å². The lowest BCUT2D eigenvalue weighted by Gasteiger charge is -1.99. The third-order valence-electron chi connectivity index (χ3n) is 4.22. The summed E-state index contributed by atoms with van der Waals surface area (Å²) in [6, 6.07) is 25.0. The van der Waals surface area contributed by atoms with Gasteiger partial charge in [0.25, 0.3) is 0 Å². The van der Waals surface area contributed by atoms with E-state index in [0.29, 0.717) is 0 Å². The van der Waals surface area contributed by atoms with E-state index < -0.39 is 0 Å². The van der Waals surface area contributed by atoms with E-state index in [-0.39, 0.29) is 0 Å². The molecule has 0 fully saturated rings. The molecule has 2 heteroatoms. The van der Waals surface area contributed by atoms with Crippen molar-refractivity contribution in [2.24, 2.45) is 0 Å². The number of nitrogens with one attached hydrogen (secondary N) is 1. The van der Waals surface area contributed by atoms with Crippen molar-refractivity contribution < 1.29 is 4.42 Å². The number of furan rings is 1. The highest BCUT2D eigenvalue weighted by Crippen LogP contribution is 2.36. The van der Waals surface area contributed by atoms with E-state index >= 15 is 0 Å². The molecule has 2 heterocycles. The van der Waals surface area contributed by atoms with Gasteiger partial charge in [0.1, 0.15) is 11.2 Å². The Morgan fingerprint density at radius 3 is 2.50 bits per heavy atom. The largest absolute Gasteiger partial charge is 0.455 e. The first kappa shape index (κ1) is 11.6. The van der Waals surface area contributed by atoms with Crippen molar-refractivity contribution >= 4 is 32.8 Å². The number of aromatic amines is 1. The van der Waals surface area contributed by atoms with Crippen LogP contribution in [0.5, 0.6) is 0 Å². The summed E-state index contributed by atoms with van der Waals surface area (Å²) in [6.45, 7) is 0. The zero-order valence-electron chi connectivity index (χ0n) is 11.8.